The van der Waals surface area contributed by atoms with Crippen LogP contribution >= 0.6 is 24.0 Å². The molecule has 27 heavy (non-hydrogen) atoms. The number of anilines is 1. The molecule has 0 radical (unpaired) electrons. The maximum atomic E-state index is 4.71. The van der Waals surface area contributed by atoms with E-state index < -0.39 is 0 Å². The van der Waals surface area contributed by atoms with Gasteiger partial charge in [-0.3, -0.25) is 4.68 Å². The van der Waals surface area contributed by atoms with Crippen molar-refractivity contribution in [1.29, 1.82) is 0 Å². The highest BCUT2D eigenvalue weighted by atomic mass is 127. The molecule has 2 aromatic heterocycles. The summed E-state index contributed by atoms with van der Waals surface area (Å²) in [4.78, 5) is 11.6. The summed E-state index contributed by atoms with van der Waals surface area (Å²) >= 11 is 0. The van der Waals surface area contributed by atoms with E-state index in [0.29, 0.717) is 6.54 Å². The number of aromatic nitrogens is 3. The normalized spacial score (nSPS) is 14.1. The molecular formula is C19H30IN7. The second kappa shape index (κ2) is 11.8. The molecule has 0 atom stereocenters. The van der Waals surface area contributed by atoms with E-state index >= 15 is 0 Å². The second-order valence-corrected chi connectivity index (χ2v) is 6.46. The van der Waals surface area contributed by atoms with Crippen molar-refractivity contribution in [2.75, 3.05) is 31.1 Å². The van der Waals surface area contributed by atoms with Crippen molar-refractivity contribution in [2.45, 2.75) is 39.3 Å². The molecule has 2 N–H and O–H groups in total. The fourth-order valence-electron chi connectivity index (χ4n) is 3.07. The molecule has 2 aromatic rings. The van der Waals surface area contributed by atoms with E-state index in [2.05, 4.69) is 38.6 Å². The van der Waals surface area contributed by atoms with E-state index in [4.69, 9.17) is 4.99 Å². The standard InChI is InChI=1S/C19H29N7.HI/c1-2-20-19(22-8-5-13-26-14-6-9-24-26)23-16-17-7-10-21-18(15-17)25-11-3-4-12-25;/h6-7,9-10,14-15H,2-5,8,11-13,16H2,1H3,(H2,20,22,23);1H. The Kier molecular flexibility index (Phi) is 9.37. The number of hydrogen-bond acceptors (Lipinski definition) is 4. The van der Waals surface area contributed by atoms with Gasteiger partial charge in [-0.25, -0.2) is 9.98 Å². The minimum absolute atomic E-state index is 0. The molecule has 8 heteroatoms. The second-order valence-electron chi connectivity index (χ2n) is 6.46. The van der Waals surface area contributed by atoms with Crippen molar-refractivity contribution >= 4 is 35.8 Å². The molecule has 1 fully saturated rings. The lowest BCUT2D eigenvalue weighted by Gasteiger charge is -2.16. The Bertz CT molecular complexity index is 681. The van der Waals surface area contributed by atoms with Gasteiger partial charge in [-0.15, -0.1) is 24.0 Å². The molecule has 3 heterocycles. The van der Waals surface area contributed by atoms with Crippen LogP contribution in [0.4, 0.5) is 5.82 Å². The van der Waals surface area contributed by atoms with Gasteiger partial charge in [-0.2, -0.15) is 5.10 Å². The Morgan fingerprint density at radius 1 is 1.22 bits per heavy atom. The van der Waals surface area contributed by atoms with Gasteiger partial charge in [0.2, 0.25) is 0 Å². The molecule has 0 spiro atoms. The summed E-state index contributed by atoms with van der Waals surface area (Å²) in [5.41, 5.74) is 1.19. The predicted octanol–water partition coefficient (Wildman–Crippen LogP) is 2.64. The number of nitrogens with one attached hydrogen (secondary N) is 2. The Balaban J connectivity index is 0.00000261. The molecule has 1 aliphatic rings. The number of rotatable bonds is 8. The van der Waals surface area contributed by atoms with E-state index in [1.54, 1.807) is 0 Å². The van der Waals surface area contributed by atoms with E-state index in [1.165, 1.54) is 18.4 Å². The molecular weight excluding hydrogens is 453 g/mol. The molecule has 0 saturated carbocycles. The van der Waals surface area contributed by atoms with Gasteiger partial charge >= 0.3 is 0 Å². The SMILES string of the molecule is CCNC(=NCc1ccnc(N2CCCC2)c1)NCCCn1cccn1.I. The van der Waals surface area contributed by atoms with Crippen molar-refractivity contribution in [2.24, 2.45) is 4.99 Å². The maximum Gasteiger partial charge on any atom is 0.191 e. The third-order valence-corrected chi connectivity index (χ3v) is 4.42. The molecule has 0 aromatic carbocycles. The zero-order valence-electron chi connectivity index (χ0n) is 16.0. The third kappa shape index (κ3) is 7.00. The van der Waals surface area contributed by atoms with E-state index in [-0.39, 0.29) is 24.0 Å². The first-order chi connectivity index (χ1) is 12.8. The van der Waals surface area contributed by atoms with Crippen LogP contribution in [0.5, 0.6) is 0 Å². The van der Waals surface area contributed by atoms with Crippen LogP contribution in [-0.4, -0.2) is 46.9 Å². The quantitative estimate of drug-likeness (QED) is 0.262. The van der Waals surface area contributed by atoms with Crippen molar-refractivity contribution < 1.29 is 0 Å². The van der Waals surface area contributed by atoms with Crippen molar-refractivity contribution in [3.05, 3.63) is 42.4 Å². The lowest BCUT2D eigenvalue weighted by Crippen LogP contribution is -2.38. The summed E-state index contributed by atoms with van der Waals surface area (Å²) in [7, 11) is 0. The van der Waals surface area contributed by atoms with Gasteiger partial charge in [-0.1, -0.05) is 0 Å². The smallest absolute Gasteiger partial charge is 0.191 e. The number of nitrogens with zero attached hydrogens (tertiary/aromatic N) is 5. The predicted molar refractivity (Wildman–Crippen MR) is 121 cm³/mol. The number of halogens is 1. The van der Waals surface area contributed by atoms with Crippen LogP contribution in [0.25, 0.3) is 0 Å². The summed E-state index contributed by atoms with van der Waals surface area (Å²) in [6, 6.07) is 6.16. The molecule has 148 valence electrons. The average molecular weight is 483 g/mol. The number of aliphatic imine (C=N–C) groups is 1. The molecule has 3 rings (SSSR count). The molecule has 1 aliphatic heterocycles. The van der Waals surface area contributed by atoms with Crippen LogP contribution in [0, 0.1) is 0 Å². The minimum Gasteiger partial charge on any atom is -0.357 e. The topological polar surface area (TPSA) is 70.4 Å². The lowest BCUT2D eigenvalue weighted by molar-refractivity contribution is 0.570. The van der Waals surface area contributed by atoms with Gasteiger partial charge in [0.1, 0.15) is 5.82 Å². The Labute approximate surface area is 178 Å². The number of aryl methyl sites for hydroxylation is 1. The molecule has 0 bridgehead atoms. The van der Waals surface area contributed by atoms with Crippen LogP contribution < -0.4 is 15.5 Å². The van der Waals surface area contributed by atoms with E-state index in [0.717, 1.165) is 50.9 Å². The van der Waals surface area contributed by atoms with Gasteiger partial charge in [0.25, 0.3) is 0 Å². The zero-order valence-corrected chi connectivity index (χ0v) is 18.3. The Hall–Kier alpha value is -1.84. The minimum atomic E-state index is 0. The molecule has 1 saturated heterocycles. The molecule has 0 unspecified atom stereocenters. The van der Waals surface area contributed by atoms with Crippen LogP contribution in [0.2, 0.25) is 0 Å². The van der Waals surface area contributed by atoms with Gasteiger partial charge in [0.05, 0.1) is 6.54 Å². The van der Waals surface area contributed by atoms with Gasteiger partial charge in [0.15, 0.2) is 5.96 Å². The fourth-order valence-corrected chi connectivity index (χ4v) is 3.07. The van der Waals surface area contributed by atoms with E-state index in [9.17, 15) is 0 Å². The number of pyridine rings is 1. The first kappa shape index (κ1) is 21.5. The van der Waals surface area contributed by atoms with Crippen LogP contribution in [0.15, 0.2) is 41.8 Å². The van der Waals surface area contributed by atoms with Crippen LogP contribution in [-0.2, 0) is 13.1 Å². The highest BCUT2D eigenvalue weighted by molar-refractivity contribution is 14.0. The monoisotopic (exact) mass is 483 g/mol. The van der Waals surface area contributed by atoms with Crippen LogP contribution in [0.3, 0.4) is 0 Å². The first-order valence-corrected chi connectivity index (χ1v) is 9.54. The first-order valence-electron chi connectivity index (χ1n) is 9.54. The van der Waals surface area contributed by atoms with Crippen molar-refractivity contribution in [3.8, 4) is 0 Å². The highest BCUT2D eigenvalue weighted by Gasteiger charge is 2.13. The van der Waals surface area contributed by atoms with Gasteiger partial charge in [-0.05, 0) is 49.9 Å². The summed E-state index contributed by atoms with van der Waals surface area (Å²) in [6.45, 7) is 7.57. The number of guanidine groups is 1. The lowest BCUT2D eigenvalue weighted by atomic mass is 10.2. The highest BCUT2D eigenvalue weighted by Crippen LogP contribution is 2.18. The van der Waals surface area contributed by atoms with Crippen molar-refractivity contribution in [1.82, 2.24) is 25.4 Å². The summed E-state index contributed by atoms with van der Waals surface area (Å²) in [5, 5.41) is 10.9. The average Bonchev–Trinajstić information content (AvgIpc) is 3.37. The largest absolute Gasteiger partial charge is 0.357 e. The van der Waals surface area contributed by atoms with Gasteiger partial charge in [0, 0.05) is 51.3 Å². The number of hydrogen-bond donors (Lipinski definition) is 2. The van der Waals surface area contributed by atoms with Crippen molar-refractivity contribution in [3.63, 3.8) is 0 Å². The maximum absolute atomic E-state index is 4.71. The fraction of sp³-hybridized carbons (Fsp3) is 0.526. The summed E-state index contributed by atoms with van der Waals surface area (Å²) < 4.78 is 1.95. The Morgan fingerprint density at radius 2 is 2.07 bits per heavy atom. The summed E-state index contributed by atoms with van der Waals surface area (Å²) in [5.74, 6) is 1.93. The van der Waals surface area contributed by atoms with Gasteiger partial charge < -0.3 is 15.5 Å². The zero-order chi connectivity index (χ0) is 18.0. The molecule has 0 amide bonds. The van der Waals surface area contributed by atoms with E-state index in [1.807, 2.05) is 35.4 Å². The molecule has 0 aliphatic carbocycles. The molecule has 7 nitrogen and oxygen atoms in total. The summed E-state index contributed by atoms with van der Waals surface area (Å²) in [6.07, 6.45) is 9.21. The van der Waals surface area contributed by atoms with Crippen LogP contribution in [0.1, 0.15) is 31.7 Å². The third-order valence-electron chi connectivity index (χ3n) is 4.42. The Morgan fingerprint density at radius 3 is 2.81 bits per heavy atom.